The Bertz CT molecular complexity index is 1310. The summed E-state index contributed by atoms with van der Waals surface area (Å²) < 4.78 is 2.18. The van der Waals surface area contributed by atoms with Crippen molar-refractivity contribution in [3.05, 3.63) is 67.1 Å². The third kappa shape index (κ3) is 3.56. The summed E-state index contributed by atoms with van der Waals surface area (Å²) in [6.45, 7) is 13.3. The average molecular weight is 556 g/mol. The first-order chi connectivity index (χ1) is 14.9. The molecule has 32 heavy (non-hydrogen) atoms. The Labute approximate surface area is 205 Å². The molecule has 2 N–H and O–H groups in total. The molecule has 0 saturated heterocycles. The van der Waals surface area contributed by atoms with Crippen LogP contribution in [-0.2, 0) is 23.7 Å². The molecule has 5 heterocycles. The number of hydrogen-bond donors (Lipinski definition) is 2. The van der Waals surface area contributed by atoms with Crippen LogP contribution in [0.5, 0.6) is 0 Å². The van der Waals surface area contributed by atoms with Crippen LogP contribution in [-0.4, -0.2) is 19.9 Å². The SMILES string of the molecule is Cc1c(Br)c2cc3nc(cc4[nH]c(cc5nc(cc1[nH]2)C(C)(C)C5)c(Br)c4C)C(C)(C)C3. The zero-order valence-corrected chi connectivity index (χ0v) is 22.5. The Morgan fingerprint density at radius 2 is 1.03 bits per heavy atom. The van der Waals surface area contributed by atoms with Crippen molar-refractivity contribution in [3.63, 3.8) is 0 Å². The second kappa shape index (κ2) is 7.29. The van der Waals surface area contributed by atoms with E-state index in [0.29, 0.717) is 0 Å². The Kier molecular flexibility index (Phi) is 4.99. The second-order valence-corrected chi connectivity index (χ2v) is 12.0. The lowest BCUT2D eigenvalue weighted by atomic mass is 9.87. The van der Waals surface area contributed by atoms with Crippen LogP contribution in [0.1, 0.15) is 61.6 Å². The van der Waals surface area contributed by atoms with E-state index in [9.17, 15) is 0 Å². The highest BCUT2D eigenvalue weighted by Gasteiger charge is 2.30. The van der Waals surface area contributed by atoms with Gasteiger partial charge in [-0.3, -0.25) is 9.97 Å². The zero-order valence-electron chi connectivity index (χ0n) is 19.4. The fourth-order valence-electron chi connectivity index (χ4n) is 4.72. The molecule has 0 aromatic carbocycles. The number of halogens is 2. The summed E-state index contributed by atoms with van der Waals surface area (Å²) in [5.74, 6) is 0. The summed E-state index contributed by atoms with van der Waals surface area (Å²) in [5.41, 5.74) is 11.0. The van der Waals surface area contributed by atoms with Gasteiger partial charge in [0.25, 0.3) is 0 Å². The fourth-order valence-corrected chi connectivity index (χ4v) is 5.58. The molecular weight excluding hydrogens is 528 g/mol. The van der Waals surface area contributed by atoms with Gasteiger partial charge in [0.05, 0.1) is 11.0 Å². The summed E-state index contributed by atoms with van der Waals surface area (Å²) in [6, 6.07) is 8.77. The van der Waals surface area contributed by atoms with E-state index in [-0.39, 0.29) is 10.8 Å². The number of fused-ring (bicyclic) bond motifs is 8. The van der Waals surface area contributed by atoms with E-state index >= 15 is 0 Å². The largest absolute Gasteiger partial charge is 0.354 e. The Balaban J connectivity index is 1.94. The molecule has 3 aromatic rings. The number of nitrogens with zero attached hydrogens (tertiary/aromatic N) is 2. The minimum Gasteiger partial charge on any atom is -0.354 e. The van der Waals surface area contributed by atoms with E-state index in [4.69, 9.17) is 9.97 Å². The van der Waals surface area contributed by atoms with Crippen molar-refractivity contribution in [2.24, 2.45) is 0 Å². The van der Waals surface area contributed by atoms with E-state index in [1.54, 1.807) is 0 Å². The molecule has 0 aliphatic carbocycles. The lowest BCUT2D eigenvalue weighted by Crippen LogP contribution is -2.15. The van der Waals surface area contributed by atoms with E-state index in [2.05, 4.69) is 108 Å². The number of hydrogen-bond acceptors (Lipinski definition) is 2. The molecule has 0 atom stereocenters. The molecule has 2 aliphatic heterocycles. The van der Waals surface area contributed by atoms with Gasteiger partial charge in [-0.05, 0) is 81.1 Å². The van der Waals surface area contributed by atoms with Crippen LogP contribution >= 0.6 is 31.9 Å². The molecule has 0 amide bonds. The highest BCUT2D eigenvalue weighted by atomic mass is 79.9. The molecule has 0 spiro atoms. The fraction of sp³-hybridized carbons (Fsp3) is 0.385. The molecule has 5 rings (SSSR count). The van der Waals surface area contributed by atoms with Crippen LogP contribution in [0.2, 0.25) is 0 Å². The lowest BCUT2D eigenvalue weighted by molar-refractivity contribution is 0.543. The summed E-state index contributed by atoms with van der Waals surface area (Å²) >= 11 is 7.61. The van der Waals surface area contributed by atoms with Crippen LogP contribution in [0.15, 0.2) is 33.2 Å². The quantitative estimate of drug-likeness (QED) is 0.302. The molecule has 2 aliphatic rings. The van der Waals surface area contributed by atoms with Gasteiger partial charge in [0, 0.05) is 66.4 Å². The average Bonchev–Trinajstić information content (AvgIpc) is 3.32. The molecule has 0 saturated carbocycles. The summed E-state index contributed by atoms with van der Waals surface area (Å²) in [6.07, 6.45) is 1.81. The van der Waals surface area contributed by atoms with Gasteiger partial charge in [0.2, 0.25) is 0 Å². The number of H-pyrrole nitrogens is 2. The van der Waals surface area contributed by atoms with Gasteiger partial charge in [-0.1, -0.05) is 27.7 Å². The Hall–Kier alpha value is -1.92. The number of nitrogens with one attached hydrogen (secondary N) is 2. The summed E-state index contributed by atoms with van der Waals surface area (Å²) in [7, 11) is 0. The van der Waals surface area contributed by atoms with Gasteiger partial charge in [0.1, 0.15) is 0 Å². The van der Waals surface area contributed by atoms with Crippen LogP contribution in [0.25, 0.3) is 22.1 Å². The van der Waals surface area contributed by atoms with Gasteiger partial charge in [-0.25, -0.2) is 0 Å². The minimum absolute atomic E-state index is 0.0280. The molecule has 0 fully saturated rings. The first-order valence-electron chi connectivity index (χ1n) is 11.0. The van der Waals surface area contributed by atoms with E-state index in [1.165, 1.54) is 11.1 Å². The van der Waals surface area contributed by atoms with Crippen molar-refractivity contribution < 1.29 is 0 Å². The Morgan fingerprint density at radius 3 is 1.41 bits per heavy atom. The topological polar surface area (TPSA) is 57.4 Å². The zero-order chi connectivity index (χ0) is 23.0. The maximum Gasteiger partial charge on any atom is 0.0550 e. The maximum absolute atomic E-state index is 5.04. The number of aromatic nitrogens is 4. The molecule has 4 nitrogen and oxygen atoms in total. The van der Waals surface area contributed by atoms with E-state index in [1.807, 2.05) is 0 Å². The van der Waals surface area contributed by atoms with Crippen molar-refractivity contribution in [1.29, 1.82) is 0 Å². The third-order valence-electron chi connectivity index (χ3n) is 6.82. The number of rotatable bonds is 0. The van der Waals surface area contributed by atoms with Crippen LogP contribution in [0.4, 0.5) is 0 Å². The van der Waals surface area contributed by atoms with Crippen molar-refractivity contribution in [2.75, 3.05) is 0 Å². The van der Waals surface area contributed by atoms with Crippen LogP contribution in [0, 0.1) is 13.8 Å². The Morgan fingerprint density at radius 1 is 0.656 bits per heavy atom. The molecule has 0 unspecified atom stereocenters. The van der Waals surface area contributed by atoms with Crippen molar-refractivity contribution in [1.82, 2.24) is 19.9 Å². The predicted octanol–water partition coefficient (Wildman–Crippen LogP) is 7.50. The normalized spacial score (nSPS) is 17.0. The molecular formula is C26H28Br2N4. The van der Waals surface area contributed by atoms with E-state index < -0.39 is 0 Å². The second-order valence-electron chi connectivity index (χ2n) is 10.5. The highest BCUT2D eigenvalue weighted by molar-refractivity contribution is 9.11. The minimum atomic E-state index is -0.0280. The van der Waals surface area contributed by atoms with Crippen molar-refractivity contribution >= 4 is 53.9 Å². The van der Waals surface area contributed by atoms with Crippen LogP contribution < -0.4 is 0 Å². The van der Waals surface area contributed by atoms with E-state index in [0.717, 1.165) is 66.6 Å². The lowest BCUT2D eigenvalue weighted by Gasteiger charge is -2.15. The first-order valence-corrected chi connectivity index (χ1v) is 12.6. The predicted molar refractivity (Wildman–Crippen MR) is 139 cm³/mol. The molecule has 6 heteroatoms. The van der Waals surface area contributed by atoms with Crippen molar-refractivity contribution in [3.8, 4) is 0 Å². The first kappa shape index (κ1) is 21.9. The number of aryl methyl sites for hydroxylation is 2. The highest BCUT2D eigenvalue weighted by Crippen LogP contribution is 2.36. The van der Waals surface area contributed by atoms with Gasteiger partial charge < -0.3 is 9.97 Å². The smallest absolute Gasteiger partial charge is 0.0550 e. The third-order valence-corrected chi connectivity index (χ3v) is 8.87. The standard InChI is InChI=1S/C26H28Br2N4/c1-13-17-9-21-25(3,4)12-16(29-21)8-20-24(28)14(2)18(32-20)10-22-26(5,6)11-15(30-22)7-19(31-17)23(13)27/h7-10,31-32H,11-12H2,1-6H3. The van der Waals surface area contributed by atoms with Gasteiger partial charge in [-0.2, -0.15) is 0 Å². The number of aromatic amines is 2. The van der Waals surface area contributed by atoms with Gasteiger partial charge >= 0.3 is 0 Å². The molecule has 8 bridgehead atoms. The molecule has 0 radical (unpaired) electrons. The monoisotopic (exact) mass is 554 g/mol. The van der Waals surface area contributed by atoms with Crippen molar-refractivity contribution in [2.45, 2.75) is 65.2 Å². The maximum atomic E-state index is 5.04. The van der Waals surface area contributed by atoms with Crippen LogP contribution in [0.3, 0.4) is 0 Å². The van der Waals surface area contributed by atoms with Gasteiger partial charge in [-0.15, -0.1) is 0 Å². The summed E-state index contributed by atoms with van der Waals surface area (Å²) in [4.78, 5) is 17.3. The molecule has 166 valence electrons. The summed E-state index contributed by atoms with van der Waals surface area (Å²) in [5, 5.41) is 0. The van der Waals surface area contributed by atoms with Gasteiger partial charge in [0.15, 0.2) is 0 Å². The molecule has 3 aromatic heterocycles.